The fourth-order valence-electron chi connectivity index (χ4n) is 2.04. The van der Waals surface area contributed by atoms with Gasteiger partial charge in [-0.05, 0) is 24.3 Å². The smallest absolute Gasteiger partial charge is 0.117 e. The minimum absolute atomic E-state index is 0.745. The van der Waals surface area contributed by atoms with Gasteiger partial charge < -0.3 is 5.32 Å². The number of benzene rings is 2. The number of hydrogen-bond donors (Lipinski definition) is 1. The molecule has 21 heavy (non-hydrogen) atoms. The highest BCUT2D eigenvalue weighted by molar-refractivity contribution is 7.99. The third-order valence-corrected chi connectivity index (χ3v) is 4.24. The van der Waals surface area contributed by atoms with Gasteiger partial charge in [0.1, 0.15) is 11.4 Å². The maximum Gasteiger partial charge on any atom is 0.117 e. The largest absolute Gasteiger partial charge is 0.384 e. The molecule has 1 heterocycles. The van der Waals surface area contributed by atoms with Crippen LogP contribution in [0.1, 0.15) is 0 Å². The molecule has 3 rings (SSSR count). The number of aromatic nitrogens is 2. The molecule has 0 saturated heterocycles. The van der Waals surface area contributed by atoms with Gasteiger partial charge in [0.15, 0.2) is 0 Å². The molecule has 106 valence electrons. The van der Waals surface area contributed by atoms with Gasteiger partial charge in [0.2, 0.25) is 0 Å². The molecule has 0 unspecified atom stereocenters. The van der Waals surface area contributed by atoms with E-state index in [9.17, 15) is 0 Å². The molecule has 1 aromatic heterocycles. The molecule has 0 atom stereocenters. The molecule has 3 aromatic rings. The van der Waals surface area contributed by atoms with Crippen LogP contribution in [0.15, 0.2) is 59.9 Å². The molecule has 3 nitrogen and oxygen atoms in total. The Morgan fingerprint density at radius 1 is 1.05 bits per heavy atom. The SMILES string of the molecule is Clc1cccc(NCCSc2ncnc3ccccc23)c1. The van der Waals surface area contributed by atoms with Crippen molar-refractivity contribution < 1.29 is 0 Å². The van der Waals surface area contributed by atoms with Gasteiger partial charge >= 0.3 is 0 Å². The minimum Gasteiger partial charge on any atom is -0.384 e. The molecule has 0 amide bonds. The van der Waals surface area contributed by atoms with Crippen molar-refractivity contribution in [2.24, 2.45) is 0 Å². The van der Waals surface area contributed by atoms with Crippen molar-refractivity contribution >= 4 is 40.0 Å². The maximum absolute atomic E-state index is 5.96. The Morgan fingerprint density at radius 2 is 1.95 bits per heavy atom. The molecule has 2 aromatic carbocycles. The highest BCUT2D eigenvalue weighted by Gasteiger charge is 2.03. The van der Waals surface area contributed by atoms with Crippen LogP contribution in [-0.4, -0.2) is 22.3 Å². The number of halogens is 1. The number of fused-ring (bicyclic) bond motifs is 1. The van der Waals surface area contributed by atoms with Crippen LogP contribution in [0.2, 0.25) is 5.02 Å². The van der Waals surface area contributed by atoms with Crippen molar-refractivity contribution in [3.63, 3.8) is 0 Å². The molecule has 1 N–H and O–H groups in total. The molecule has 0 fully saturated rings. The summed E-state index contributed by atoms with van der Waals surface area (Å²) in [6.07, 6.45) is 1.62. The fraction of sp³-hybridized carbons (Fsp3) is 0.125. The van der Waals surface area contributed by atoms with Gasteiger partial charge in [-0.1, -0.05) is 35.9 Å². The number of nitrogens with zero attached hydrogens (tertiary/aromatic N) is 2. The lowest BCUT2D eigenvalue weighted by Gasteiger charge is -2.07. The van der Waals surface area contributed by atoms with Gasteiger partial charge in [0.05, 0.1) is 5.52 Å². The van der Waals surface area contributed by atoms with Crippen LogP contribution in [0.5, 0.6) is 0 Å². The van der Waals surface area contributed by atoms with Crippen LogP contribution in [0, 0.1) is 0 Å². The van der Waals surface area contributed by atoms with Crippen LogP contribution in [0.25, 0.3) is 10.9 Å². The summed E-state index contributed by atoms with van der Waals surface area (Å²) in [7, 11) is 0. The number of nitrogens with one attached hydrogen (secondary N) is 1. The van der Waals surface area contributed by atoms with E-state index in [4.69, 9.17) is 11.6 Å². The van der Waals surface area contributed by atoms with E-state index < -0.39 is 0 Å². The predicted molar refractivity (Wildman–Crippen MR) is 90.2 cm³/mol. The standard InChI is InChI=1S/C16H14ClN3S/c17-12-4-3-5-13(10-12)18-8-9-21-16-14-6-1-2-7-15(14)19-11-20-16/h1-7,10-11,18H,8-9H2. The van der Waals surface area contributed by atoms with E-state index in [1.807, 2.05) is 42.5 Å². The topological polar surface area (TPSA) is 37.8 Å². The zero-order chi connectivity index (χ0) is 14.5. The zero-order valence-electron chi connectivity index (χ0n) is 11.3. The highest BCUT2D eigenvalue weighted by atomic mass is 35.5. The van der Waals surface area contributed by atoms with Crippen molar-refractivity contribution in [3.8, 4) is 0 Å². The number of rotatable bonds is 5. The van der Waals surface area contributed by atoms with E-state index in [-0.39, 0.29) is 0 Å². The van der Waals surface area contributed by atoms with Crippen molar-refractivity contribution in [2.75, 3.05) is 17.6 Å². The van der Waals surface area contributed by atoms with Gasteiger partial charge in [-0.2, -0.15) is 0 Å². The van der Waals surface area contributed by atoms with E-state index in [0.717, 1.165) is 38.9 Å². The van der Waals surface area contributed by atoms with Crippen molar-refractivity contribution in [1.82, 2.24) is 9.97 Å². The van der Waals surface area contributed by atoms with Crippen LogP contribution in [0.3, 0.4) is 0 Å². The molecule has 0 aliphatic heterocycles. The average molecular weight is 316 g/mol. The zero-order valence-corrected chi connectivity index (χ0v) is 12.9. The lowest BCUT2D eigenvalue weighted by atomic mass is 10.2. The summed E-state index contributed by atoms with van der Waals surface area (Å²) >= 11 is 7.68. The number of hydrogen-bond acceptors (Lipinski definition) is 4. The molecule has 0 spiro atoms. The molecular weight excluding hydrogens is 302 g/mol. The predicted octanol–water partition coefficient (Wildman–Crippen LogP) is 4.49. The van der Waals surface area contributed by atoms with Crippen molar-refractivity contribution in [3.05, 3.63) is 59.9 Å². The first-order chi connectivity index (χ1) is 10.3. The second kappa shape index (κ2) is 6.78. The van der Waals surface area contributed by atoms with Crippen molar-refractivity contribution in [1.29, 1.82) is 0 Å². The van der Waals surface area contributed by atoms with Crippen LogP contribution in [-0.2, 0) is 0 Å². The Balaban J connectivity index is 1.60. The van der Waals surface area contributed by atoms with E-state index in [2.05, 4.69) is 21.4 Å². The summed E-state index contributed by atoms with van der Waals surface area (Å²) in [6, 6.07) is 15.8. The van der Waals surface area contributed by atoms with Gasteiger partial charge in [0.25, 0.3) is 0 Å². The van der Waals surface area contributed by atoms with Crippen molar-refractivity contribution in [2.45, 2.75) is 5.03 Å². The molecule has 0 aliphatic carbocycles. The van der Waals surface area contributed by atoms with Crippen LogP contribution >= 0.6 is 23.4 Å². The average Bonchev–Trinajstić information content (AvgIpc) is 2.52. The third kappa shape index (κ3) is 3.65. The fourth-order valence-corrected chi connectivity index (χ4v) is 3.07. The second-order valence-electron chi connectivity index (χ2n) is 4.48. The van der Waals surface area contributed by atoms with E-state index in [1.165, 1.54) is 0 Å². The monoisotopic (exact) mass is 315 g/mol. The Hall–Kier alpha value is -1.78. The minimum atomic E-state index is 0.745. The van der Waals surface area contributed by atoms with Gasteiger partial charge in [-0.25, -0.2) is 9.97 Å². The normalized spacial score (nSPS) is 10.7. The van der Waals surface area contributed by atoms with E-state index in [0.29, 0.717) is 0 Å². The Labute approximate surface area is 132 Å². The lowest BCUT2D eigenvalue weighted by molar-refractivity contribution is 1.10. The van der Waals surface area contributed by atoms with Gasteiger partial charge in [0, 0.05) is 28.4 Å². The summed E-state index contributed by atoms with van der Waals surface area (Å²) < 4.78 is 0. The van der Waals surface area contributed by atoms with Gasteiger partial charge in [-0.3, -0.25) is 0 Å². The maximum atomic E-state index is 5.96. The Morgan fingerprint density at radius 3 is 2.86 bits per heavy atom. The summed E-state index contributed by atoms with van der Waals surface area (Å²) in [6.45, 7) is 0.851. The summed E-state index contributed by atoms with van der Waals surface area (Å²) in [5.74, 6) is 0.924. The molecule has 0 aliphatic rings. The van der Waals surface area contributed by atoms with Crippen LogP contribution in [0.4, 0.5) is 5.69 Å². The van der Waals surface area contributed by atoms with E-state index in [1.54, 1.807) is 18.1 Å². The molecule has 0 bridgehead atoms. The number of para-hydroxylation sites is 1. The second-order valence-corrected chi connectivity index (χ2v) is 6.00. The van der Waals surface area contributed by atoms with Crippen LogP contribution < -0.4 is 5.32 Å². The Kier molecular flexibility index (Phi) is 4.58. The molecule has 0 radical (unpaired) electrons. The third-order valence-electron chi connectivity index (χ3n) is 3.00. The molecular formula is C16H14ClN3S. The summed E-state index contributed by atoms with van der Waals surface area (Å²) in [5, 5.41) is 6.23. The Bertz CT molecular complexity index is 743. The summed E-state index contributed by atoms with van der Waals surface area (Å²) in [5.41, 5.74) is 2.02. The first kappa shape index (κ1) is 14.2. The first-order valence-electron chi connectivity index (χ1n) is 6.65. The molecule has 5 heteroatoms. The number of anilines is 1. The lowest BCUT2D eigenvalue weighted by Crippen LogP contribution is -2.04. The molecule has 0 saturated carbocycles. The quantitative estimate of drug-likeness (QED) is 0.428. The highest BCUT2D eigenvalue weighted by Crippen LogP contribution is 2.24. The number of thioether (sulfide) groups is 1. The van der Waals surface area contributed by atoms with Gasteiger partial charge in [-0.15, -0.1) is 11.8 Å². The first-order valence-corrected chi connectivity index (χ1v) is 8.01. The summed E-state index contributed by atoms with van der Waals surface area (Å²) in [4.78, 5) is 8.64. The van der Waals surface area contributed by atoms with E-state index >= 15 is 0 Å².